The van der Waals surface area contributed by atoms with Gasteiger partial charge in [-0.25, -0.2) is 4.79 Å². The van der Waals surface area contributed by atoms with E-state index in [1.54, 1.807) is 0 Å². The number of rotatable bonds is 5. The Hall–Kier alpha value is -2.73. The molecule has 2 aromatic carbocycles. The first-order valence-corrected chi connectivity index (χ1v) is 8.46. The Morgan fingerprint density at radius 2 is 1.71 bits per heavy atom. The van der Waals surface area contributed by atoms with E-state index in [1.807, 2.05) is 66.4 Å². The fourth-order valence-corrected chi connectivity index (χ4v) is 2.30. The summed E-state index contributed by atoms with van der Waals surface area (Å²) in [5.74, 6) is 6.27. The zero-order valence-corrected chi connectivity index (χ0v) is 14.4. The highest BCUT2D eigenvalue weighted by atomic mass is 16.2. The van der Waals surface area contributed by atoms with Gasteiger partial charge < -0.3 is 10.2 Å². The number of hydrogen-bond acceptors (Lipinski definition) is 1. The molecule has 0 saturated heterocycles. The molecule has 0 fully saturated rings. The topological polar surface area (TPSA) is 32.3 Å². The van der Waals surface area contributed by atoms with E-state index in [0.29, 0.717) is 6.54 Å². The molecule has 2 amide bonds. The van der Waals surface area contributed by atoms with Crippen LogP contribution in [0.1, 0.15) is 37.8 Å². The number of anilines is 1. The Morgan fingerprint density at radius 3 is 2.42 bits per heavy atom. The van der Waals surface area contributed by atoms with Crippen molar-refractivity contribution in [3.8, 4) is 11.8 Å². The predicted molar refractivity (Wildman–Crippen MR) is 100 cm³/mol. The number of nitrogens with one attached hydrogen (secondary N) is 1. The van der Waals surface area contributed by atoms with Gasteiger partial charge in [-0.15, -0.1) is 0 Å². The molecule has 0 aliphatic heterocycles. The summed E-state index contributed by atoms with van der Waals surface area (Å²) in [6.45, 7) is 5.61. The van der Waals surface area contributed by atoms with E-state index in [-0.39, 0.29) is 6.03 Å². The lowest BCUT2D eigenvalue weighted by molar-refractivity contribution is 0.213. The van der Waals surface area contributed by atoms with Crippen molar-refractivity contribution in [1.29, 1.82) is 0 Å². The normalized spacial score (nSPS) is 9.75. The van der Waals surface area contributed by atoms with Crippen LogP contribution in [0.25, 0.3) is 0 Å². The maximum absolute atomic E-state index is 12.3. The Labute approximate surface area is 144 Å². The van der Waals surface area contributed by atoms with Gasteiger partial charge in [0.15, 0.2) is 0 Å². The zero-order valence-electron chi connectivity index (χ0n) is 14.4. The average molecular weight is 320 g/mol. The van der Waals surface area contributed by atoms with E-state index in [9.17, 15) is 4.79 Å². The molecule has 3 heteroatoms. The van der Waals surface area contributed by atoms with Crippen molar-refractivity contribution in [3.05, 3.63) is 65.7 Å². The van der Waals surface area contributed by atoms with Gasteiger partial charge in [-0.2, -0.15) is 0 Å². The van der Waals surface area contributed by atoms with Crippen molar-refractivity contribution in [3.63, 3.8) is 0 Å². The lowest BCUT2D eigenvalue weighted by Crippen LogP contribution is -2.35. The van der Waals surface area contributed by atoms with Crippen molar-refractivity contribution in [2.45, 2.75) is 26.7 Å². The number of amides is 2. The number of nitrogens with zero attached hydrogens (tertiary/aromatic N) is 1. The molecule has 2 aromatic rings. The standard InChI is InChI=1S/C21H24N2O/c1-3-5-16-23(4-2)21(24)22-20-13-9-12-19(17-20)15-14-18-10-7-6-8-11-18/h6-13,17H,3-5,16H2,1-2H3,(H,22,24). The molecule has 0 bridgehead atoms. The van der Waals surface area contributed by atoms with Crippen molar-refractivity contribution >= 4 is 11.7 Å². The van der Waals surface area contributed by atoms with Gasteiger partial charge in [0.05, 0.1) is 0 Å². The quantitative estimate of drug-likeness (QED) is 0.793. The molecule has 0 saturated carbocycles. The van der Waals surface area contributed by atoms with Gasteiger partial charge in [0, 0.05) is 29.9 Å². The third-order valence-electron chi connectivity index (χ3n) is 3.69. The molecule has 1 N–H and O–H groups in total. The van der Waals surface area contributed by atoms with Crippen LogP contribution in [0.5, 0.6) is 0 Å². The van der Waals surface area contributed by atoms with Crippen LogP contribution in [0.3, 0.4) is 0 Å². The first kappa shape index (κ1) is 17.6. The van der Waals surface area contributed by atoms with E-state index < -0.39 is 0 Å². The maximum Gasteiger partial charge on any atom is 0.321 e. The van der Waals surface area contributed by atoms with Crippen LogP contribution >= 0.6 is 0 Å². The van der Waals surface area contributed by atoms with E-state index in [0.717, 1.165) is 36.2 Å². The Bertz CT molecular complexity index is 713. The first-order chi connectivity index (χ1) is 11.7. The smallest absolute Gasteiger partial charge is 0.321 e. The molecule has 0 aromatic heterocycles. The minimum Gasteiger partial charge on any atom is -0.325 e. The zero-order chi connectivity index (χ0) is 17.2. The summed E-state index contributed by atoms with van der Waals surface area (Å²) in [4.78, 5) is 14.1. The van der Waals surface area contributed by atoms with Gasteiger partial charge in [0.1, 0.15) is 0 Å². The number of urea groups is 1. The molecule has 124 valence electrons. The lowest BCUT2D eigenvalue weighted by atomic mass is 10.1. The molecular weight excluding hydrogens is 296 g/mol. The second kappa shape index (κ2) is 9.42. The average Bonchev–Trinajstić information content (AvgIpc) is 2.62. The van der Waals surface area contributed by atoms with E-state index in [4.69, 9.17) is 0 Å². The highest BCUT2D eigenvalue weighted by Crippen LogP contribution is 2.11. The van der Waals surface area contributed by atoms with Crippen LogP contribution in [0.15, 0.2) is 54.6 Å². The van der Waals surface area contributed by atoms with Gasteiger partial charge in [0.2, 0.25) is 0 Å². The Balaban J connectivity index is 2.05. The first-order valence-electron chi connectivity index (χ1n) is 8.46. The van der Waals surface area contributed by atoms with E-state index in [1.165, 1.54) is 0 Å². The fraction of sp³-hybridized carbons (Fsp3) is 0.286. The monoisotopic (exact) mass is 320 g/mol. The van der Waals surface area contributed by atoms with Crippen LogP contribution in [0.4, 0.5) is 10.5 Å². The van der Waals surface area contributed by atoms with E-state index >= 15 is 0 Å². The number of carbonyl (C=O) groups excluding carboxylic acids is 1. The maximum atomic E-state index is 12.3. The van der Waals surface area contributed by atoms with Crippen LogP contribution in [-0.2, 0) is 0 Å². The molecule has 3 nitrogen and oxygen atoms in total. The van der Waals surface area contributed by atoms with Crippen molar-refractivity contribution in [2.24, 2.45) is 0 Å². The lowest BCUT2D eigenvalue weighted by Gasteiger charge is -2.21. The summed E-state index contributed by atoms with van der Waals surface area (Å²) in [6, 6.07) is 17.5. The highest BCUT2D eigenvalue weighted by molar-refractivity contribution is 5.89. The van der Waals surface area contributed by atoms with Gasteiger partial charge in [-0.1, -0.05) is 49.5 Å². The third kappa shape index (κ3) is 5.48. The van der Waals surface area contributed by atoms with Gasteiger partial charge in [-0.05, 0) is 43.7 Å². The SMILES string of the molecule is CCCCN(CC)C(=O)Nc1cccc(C#Cc2ccccc2)c1. The number of unbranched alkanes of at least 4 members (excludes halogenated alkanes) is 1. The van der Waals surface area contributed by atoms with Crippen LogP contribution in [0.2, 0.25) is 0 Å². The summed E-state index contributed by atoms with van der Waals surface area (Å²) in [5, 5.41) is 2.96. The molecule has 2 rings (SSSR count). The molecule has 0 atom stereocenters. The fourth-order valence-electron chi connectivity index (χ4n) is 2.30. The molecule has 0 aliphatic rings. The van der Waals surface area contributed by atoms with Gasteiger partial charge >= 0.3 is 6.03 Å². The van der Waals surface area contributed by atoms with Crippen molar-refractivity contribution in [2.75, 3.05) is 18.4 Å². The van der Waals surface area contributed by atoms with Crippen molar-refractivity contribution < 1.29 is 4.79 Å². The molecule has 0 radical (unpaired) electrons. The van der Waals surface area contributed by atoms with Gasteiger partial charge in [0.25, 0.3) is 0 Å². The van der Waals surface area contributed by atoms with E-state index in [2.05, 4.69) is 24.1 Å². The predicted octanol–water partition coefficient (Wildman–Crippen LogP) is 4.74. The van der Waals surface area contributed by atoms with Crippen LogP contribution < -0.4 is 5.32 Å². The molecule has 0 unspecified atom stereocenters. The molecule has 24 heavy (non-hydrogen) atoms. The second-order valence-corrected chi connectivity index (χ2v) is 5.56. The van der Waals surface area contributed by atoms with Crippen LogP contribution in [0, 0.1) is 11.8 Å². The number of carbonyl (C=O) groups is 1. The number of benzene rings is 2. The number of hydrogen-bond donors (Lipinski definition) is 1. The minimum absolute atomic E-state index is 0.0564. The summed E-state index contributed by atoms with van der Waals surface area (Å²) in [5.41, 5.74) is 2.63. The second-order valence-electron chi connectivity index (χ2n) is 5.56. The van der Waals surface area contributed by atoms with Crippen molar-refractivity contribution in [1.82, 2.24) is 4.90 Å². The Morgan fingerprint density at radius 1 is 1.00 bits per heavy atom. The molecule has 0 aliphatic carbocycles. The molecular formula is C21H24N2O. The molecule has 0 heterocycles. The minimum atomic E-state index is -0.0564. The summed E-state index contributed by atoms with van der Waals surface area (Å²) in [7, 11) is 0. The van der Waals surface area contributed by atoms with Gasteiger partial charge in [-0.3, -0.25) is 0 Å². The summed E-state index contributed by atoms with van der Waals surface area (Å²) in [6.07, 6.45) is 2.10. The largest absolute Gasteiger partial charge is 0.325 e. The molecule has 0 spiro atoms. The third-order valence-corrected chi connectivity index (χ3v) is 3.69. The summed E-state index contributed by atoms with van der Waals surface area (Å²) >= 11 is 0. The van der Waals surface area contributed by atoms with Crippen LogP contribution in [-0.4, -0.2) is 24.0 Å². The summed E-state index contributed by atoms with van der Waals surface area (Å²) < 4.78 is 0. The Kier molecular flexibility index (Phi) is 6.91. The highest BCUT2D eigenvalue weighted by Gasteiger charge is 2.10.